The van der Waals surface area contributed by atoms with E-state index < -0.39 is 16.6 Å². The topological polar surface area (TPSA) is 73.1 Å². The van der Waals surface area contributed by atoms with Crippen molar-refractivity contribution in [3.63, 3.8) is 0 Å². The summed E-state index contributed by atoms with van der Waals surface area (Å²) >= 11 is 0. The lowest BCUT2D eigenvalue weighted by molar-refractivity contribution is -0.388. The quantitative estimate of drug-likeness (QED) is 0.286. The number of nitrogens with zero attached hydrogens (tertiary/aromatic N) is 2. The van der Waals surface area contributed by atoms with Crippen LogP contribution in [0.3, 0.4) is 0 Å². The van der Waals surface area contributed by atoms with E-state index in [0.29, 0.717) is 6.29 Å². The maximum atomic E-state index is 12.5. The number of pyridine rings is 1. The molecule has 0 aromatic carbocycles. The van der Waals surface area contributed by atoms with Crippen LogP contribution in [-0.2, 0) is 0 Å². The highest BCUT2D eigenvalue weighted by atomic mass is 19.1. The second kappa shape index (κ2) is 3.04. The van der Waals surface area contributed by atoms with Crippen molar-refractivity contribution in [2.75, 3.05) is 0 Å². The number of carbonyl (C=O) groups is 1. The molecule has 0 aliphatic heterocycles. The number of carbonyl (C=O) groups excluding carboxylic acids is 1. The van der Waals surface area contributed by atoms with Crippen LogP contribution in [0.25, 0.3) is 0 Å². The maximum Gasteiger partial charge on any atom is 0.324 e. The van der Waals surface area contributed by atoms with Gasteiger partial charge in [0.1, 0.15) is 0 Å². The third-order valence-electron chi connectivity index (χ3n) is 1.17. The molecule has 0 bridgehead atoms. The van der Waals surface area contributed by atoms with Gasteiger partial charge < -0.3 is 0 Å². The van der Waals surface area contributed by atoms with E-state index in [-0.39, 0.29) is 5.56 Å². The maximum absolute atomic E-state index is 12.5. The van der Waals surface area contributed by atoms with Crippen molar-refractivity contribution in [3.05, 3.63) is 33.9 Å². The minimum Gasteiger partial charge on any atom is -0.298 e. The van der Waals surface area contributed by atoms with Crippen LogP contribution >= 0.6 is 0 Å². The Bertz CT molecular complexity index is 340. The van der Waals surface area contributed by atoms with Gasteiger partial charge >= 0.3 is 5.69 Å². The lowest BCUT2D eigenvalue weighted by Crippen LogP contribution is -1.96. The molecule has 12 heavy (non-hydrogen) atoms. The van der Waals surface area contributed by atoms with Crippen LogP contribution in [0.2, 0.25) is 0 Å². The number of aromatic nitrogens is 1. The van der Waals surface area contributed by atoms with E-state index in [0.717, 1.165) is 12.3 Å². The van der Waals surface area contributed by atoms with Crippen molar-refractivity contribution in [3.8, 4) is 0 Å². The molecule has 0 radical (unpaired) electrons. The van der Waals surface area contributed by atoms with Crippen molar-refractivity contribution < 1.29 is 14.1 Å². The van der Waals surface area contributed by atoms with Crippen LogP contribution in [-0.4, -0.2) is 16.2 Å². The van der Waals surface area contributed by atoms with Gasteiger partial charge in [-0.3, -0.25) is 14.9 Å². The first kappa shape index (κ1) is 8.25. The standard InChI is InChI=1S/C6H3FN2O3/c7-6-5(9(11)12)1-4(3-10)2-8-6/h1-3H. The number of nitro groups is 1. The van der Waals surface area contributed by atoms with Gasteiger partial charge in [0.2, 0.25) is 0 Å². The Balaban J connectivity index is 3.25. The number of hydrogen-bond acceptors (Lipinski definition) is 4. The fraction of sp³-hybridized carbons (Fsp3) is 0. The largest absolute Gasteiger partial charge is 0.324 e. The zero-order valence-corrected chi connectivity index (χ0v) is 5.73. The third-order valence-corrected chi connectivity index (χ3v) is 1.17. The zero-order valence-electron chi connectivity index (χ0n) is 5.73. The number of aldehydes is 1. The van der Waals surface area contributed by atoms with Crippen molar-refractivity contribution in [2.45, 2.75) is 0 Å². The van der Waals surface area contributed by atoms with Crippen molar-refractivity contribution in [1.29, 1.82) is 0 Å². The summed E-state index contributed by atoms with van der Waals surface area (Å²) in [6, 6.07) is 0.829. The molecule has 0 atom stereocenters. The number of rotatable bonds is 2. The van der Waals surface area contributed by atoms with Crippen molar-refractivity contribution in [2.24, 2.45) is 0 Å². The summed E-state index contributed by atoms with van der Waals surface area (Å²) in [5.74, 6) is -1.19. The molecule has 1 heterocycles. The van der Waals surface area contributed by atoms with E-state index in [1.54, 1.807) is 0 Å². The first-order chi connectivity index (χ1) is 5.65. The summed E-state index contributed by atoms with van der Waals surface area (Å²) in [4.78, 5) is 22.3. The fourth-order valence-corrected chi connectivity index (χ4v) is 0.645. The molecule has 0 aliphatic rings. The molecule has 0 unspecified atom stereocenters. The molecule has 5 nitrogen and oxygen atoms in total. The smallest absolute Gasteiger partial charge is 0.298 e. The first-order valence-corrected chi connectivity index (χ1v) is 2.90. The second-order valence-corrected chi connectivity index (χ2v) is 1.95. The molecule has 0 saturated carbocycles. The molecule has 6 heteroatoms. The van der Waals surface area contributed by atoms with Crippen LogP contribution < -0.4 is 0 Å². The second-order valence-electron chi connectivity index (χ2n) is 1.95. The van der Waals surface area contributed by atoms with Gasteiger partial charge in [0.05, 0.1) is 4.92 Å². The van der Waals surface area contributed by atoms with Crippen molar-refractivity contribution >= 4 is 12.0 Å². The first-order valence-electron chi connectivity index (χ1n) is 2.90. The van der Waals surface area contributed by atoms with Crippen LogP contribution in [0, 0.1) is 16.1 Å². The molecule has 0 amide bonds. The third kappa shape index (κ3) is 1.42. The molecule has 1 aromatic heterocycles. The Morgan fingerprint density at radius 1 is 1.67 bits per heavy atom. The molecule has 0 aliphatic carbocycles. The summed E-state index contributed by atoms with van der Waals surface area (Å²) in [5, 5.41) is 10.1. The summed E-state index contributed by atoms with van der Waals surface area (Å²) in [6.45, 7) is 0. The summed E-state index contributed by atoms with van der Waals surface area (Å²) in [7, 11) is 0. The van der Waals surface area contributed by atoms with Gasteiger partial charge in [-0.25, -0.2) is 4.98 Å². The Morgan fingerprint density at radius 3 is 2.83 bits per heavy atom. The molecular weight excluding hydrogens is 167 g/mol. The Labute approximate surface area is 66.0 Å². The Kier molecular flexibility index (Phi) is 2.09. The van der Waals surface area contributed by atoms with E-state index in [4.69, 9.17) is 0 Å². The zero-order chi connectivity index (χ0) is 9.14. The van der Waals surface area contributed by atoms with E-state index in [1.165, 1.54) is 0 Å². The fourth-order valence-electron chi connectivity index (χ4n) is 0.645. The Morgan fingerprint density at radius 2 is 2.33 bits per heavy atom. The van der Waals surface area contributed by atoms with E-state index >= 15 is 0 Å². The molecule has 62 valence electrons. The minimum absolute atomic E-state index is 0.0249. The molecule has 0 fully saturated rings. The van der Waals surface area contributed by atoms with E-state index in [1.807, 2.05) is 0 Å². The predicted molar refractivity (Wildman–Crippen MR) is 36.2 cm³/mol. The molecule has 1 aromatic rings. The summed E-state index contributed by atoms with van der Waals surface area (Å²) < 4.78 is 12.5. The lowest BCUT2D eigenvalue weighted by atomic mass is 10.3. The number of hydrogen-bond donors (Lipinski definition) is 0. The van der Waals surface area contributed by atoms with E-state index in [9.17, 15) is 19.3 Å². The summed E-state index contributed by atoms with van der Waals surface area (Å²) in [6.07, 6.45) is 1.29. The molecule has 1 rings (SSSR count). The normalized spacial score (nSPS) is 9.42. The van der Waals surface area contributed by atoms with Gasteiger partial charge in [0, 0.05) is 17.8 Å². The van der Waals surface area contributed by atoms with Gasteiger partial charge in [0.15, 0.2) is 6.29 Å². The van der Waals surface area contributed by atoms with Crippen LogP contribution in [0.15, 0.2) is 12.3 Å². The van der Waals surface area contributed by atoms with Crippen LogP contribution in [0.1, 0.15) is 10.4 Å². The average molecular weight is 170 g/mol. The van der Waals surface area contributed by atoms with Gasteiger partial charge in [-0.2, -0.15) is 4.39 Å². The molecule has 0 saturated heterocycles. The Hall–Kier alpha value is -1.85. The molecule has 0 spiro atoms. The highest BCUT2D eigenvalue weighted by molar-refractivity contribution is 5.75. The number of halogens is 1. The monoisotopic (exact) mass is 170 g/mol. The van der Waals surface area contributed by atoms with Crippen LogP contribution in [0.4, 0.5) is 10.1 Å². The van der Waals surface area contributed by atoms with Gasteiger partial charge in [-0.1, -0.05) is 0 Å². The predicted octanol–water partition coefficient (Wildman–Crippen LogP) is 0.941. The van der Waals surface area contributed by atoms with Gasteiger partial charge in [-0.15, -0.1) is 0 Å². The lowest BCUT2D eigenvalue weighted by Gasteiger charge is -1.92. The van der Waals surface area contributed by atoms with Gasteiger partial charge in [-0.05, 0) is 0 Å². The SMILES string of the molecule is O=Cc1cnc(F)c([N+](=O)[O-])c1. The average Bonchev–Trinajstić information content (AvgIpc) is 2.05. The molecular formula is C6H3FN2O3. The van der Waals surface area contributed by atoms with E-state index in [2.05, 4.69) is 4.98 Å². The summed E-state index contributed by atoms with van der Waals surface area (Å²) in [5.41, 5.74) is -0.817. The highest BCUT2D eigenvalue weighted by Crippen LogP contribution is 2.14. The van der Waals surface area contributed by atoms with Crippen molar-refractivity contribution in [1.82, 2.24) is 4.98 Å². The van der Waals surface area contributed by atoms with Gasteiger partial charge in [0.25, 0.3) is 5.95 Å². The highest BCUT2D eigenvalue weighted by Gasteiger charge is 2.15. The van der Waals surface area contributed by atoms with Crippen LogP contribution in [0.5, 0.6) is 0 Å². The molecule has 0 N–H and O–H groups in total. The minimum atomic E-state index is -1.19.